The minimum atomic E-state index is -0.200. The summed E-state index contributed by atoms with van der Waals surface area (Å²) in [4.78, 5) is 12.1. The van der Waals surface area contributed by atoms with E-state index in [1.807, 2.05) is 37.3 Å². The molecule has 0 bridgehead atoms. The van der Waals surface area contributed by atoms with E-state index in [-0.39, 0.29) is 12.5 Å². The maximum Gasteiger partial charge on any atom is 0.262 e. The van der Waals surface area contributed by atoms with Crippen LogP contribution in [0.15, 0.2) is 42.5 Å². The first-order valence-corrected chi connectivity index (χ1v) is 8.16. The normalized spacial score (nSPS) is 11.8. The predicted octanol–water partition coefficient (Wildman–Crippen LogP) is 5.18. The van der Waals surface area contributed by atoms with Gasteiger partial charge in [0.05, 0.1) is 0 Å². The maximum absolute atomic E-state index is 12.1. The van der Waals surface area contributed by atoms with Crippen molar-refractivity contribution in [2.75, 3.05) is 11.9 Å². The number of amides is 1. The van der Waals surface area contributed by atoms with Crippen LogP contribution in [0.5, 0.6) is 5.75 Å². The Morgan fingerprint density at radius 3 is 2.74 bits per heavy atom. The fourth-order valence-electron chi connectivity index (χ4n) is 2.30. The SMILES string of the molecule is CCC(C)c1ccccc1OCC(=O)Nc1cc(Cl)ccc1C. The zero-order valence-electron chi connectivity index (χ0n) is 13.7. The van der Waals surface area contributed by atoms with Gasteiger partial charge in [-0.15, -0.1) is 0 Å². The van der Waals surface area contributed by atoms with Gasteiger partial charge in [-0.1, -0.05) is 49.7 Å². The lowest BCUT2D eigenvalue weighted by atomic mass is 9.98. The predicted molar refractivity (Wildman–Crippen MR) is 95.5 cm³/mol. The van der Waals surface area contributed by atoms with Crippen LogP contribution in [-0.2, 0) is 4.79 Å². The molecule has 2 rings (SSSR count). The number of carbonyl (C=O) groups excluding carboxylic acids is 1. The highest BCUT2D eigenvalue weighted by Gasteiger charge is 2.12. The third kappa shape index (κ3) is 4.73. The molecule has 0 fully saturated rings. The molecular formula is C19H22ClNO2. The van der Waals surface area contributed by atoms with E-state index in [2.05, 4.69) is 19.2 Å². The summed E-state index contributed by atoms with van der Waals surface area (Å²) in [7, 11) is 0. The Morgan fingerprint density at radius 2 is 2.00 bits per heavy atom. The summed E-state index contributed by atoms with van der Waals surface area (Å²) in [5.41, 5.74) is 2.80. The van der Waals surface area contributed by atoms with Crippen molar-refractivity contribution >= 4 is 23.2 Å². The molecule has 0 aliphatic rings. The highest BCUT2D eigenvalue weighted by Crippen LogP contribution is 2.28. The molecule has 1 N–H and O–H groups in total. The fraction of sp³-hybridized carbons (Fsp3) is 0.316. The number of carbonyl (C=O) groups is 1. The van der Waals surface area contributed by atoms with E-state index in [1.165, 1.54) is 0 Å². The van der Waals surface area contributed by atoms with E-state index in [4.69, 9.17) is 16.3 Å². The van der Waals surface area contributed by atoms with Gasteiger partial charge in [0.25, 0.3) is 5.91 Å². The Morgan fingerprint density at radius 1 is 1.26 bits per heavy atom. The van der Waals surface area contributed by atoms with Crippen LogP contribution in [0.2, 0.25) is 5.02 Å². The van der Waals surface area contributed by atoms with Crippen molar-refractivity contribution < 1.29 is 9.53 Å². The largest absolute Gasteiger partial charge is 0.483 e. The fourth-order valence-corrected chi connectivity index (χ4v) is 2.47. The molecular weight excluding hydrogens is 310 g/mol. The molecule has 0 spiro atoms. The second-order valence-electron chi connectivity index (χ2n) is 5.64. The van der Waals surface area contributed by atoms with Crippen LogP contribution < -0.4 is 10.1 Å². The summed E-state index contributed by atoms with van der Waals surface area (Å²) in [6, 6.07) is 13.3. The van der Waals surface area contributed by atoms with Crippen molar-refractivity contribution in [3.63, 3.8) is 0 Å². The molecule has 1 unspecified atom stereocenters. The lowest BCUT2D eigenvalue weighted by Gasteiger charge is -2.16. The van der Waals surface area contributed by atoms with E-state index in [0.717, 1.165) is 23.3 Å². The second-order valence-corrected chi connectivity index (χ2v) is 6.08. The number of anilines is 1. The molecule has 3 nitrogen and oxygen atoms in total. The average Bonchev–Trinajstić information content (AvgIpc) is 2.56. The zero-order valence-corrected chi connectivity index (χ0v) is 14.5. The van der Waals surface area contributed by atoms with Gasteiger partial charge < -0.3 is 10.1 Å². The lowest BCUT2D eigenvalue weighted by Crippen LogP contribution is -2.21. The molecule has 0 saturated heterocycles. The van der Waals surface area contributed by atoms with Crippen molar-refractivity contribution in [3.05, 3.63) is 58.6 Å². The molecule has 2 aromatic rings. The summed E-state index contributed by atoms with van der Waals surface area (Å²) in [6.07, 6.45) is 1.02. The molecule has 0 heterocycles. The minimum Gasteiger partial charge on any atom is -0.483 e. The van der Waals surface area contributed by atoms with Crippen molar-refractivity contribution in [2.45, 2.75) is 33.1 Å². The Balaban J connectivity index is 2.01. The molecule has 1 amide bonds. The van der Waals surface area contributed by atoms with E-state index < -0.39 is 0 Å². The maximum atomic E-state index is 12.1. The number of aryl methyl sites for hydroxylation is 1. The first-order chi connectivity index (χ1) is 11.0. The van der Waals surface area contributed by atoms with Crippen LogP contribution >= 0.6 is 11.6 Å². The van der Waals surface area contributed by atoms with Gasteiger partial charge in [-0.2, -0.15) is 0 Å². The molecule has 0 aromatic heterocycles. The highest BCUT2D eigenvalue weighted by molar-refractivity contribution is 6.31. The van der Waals surface area contributed by atoms with Gasteiger partial charge in [-0.3, -0.25) is 4.79 Å². The second kappa shape index (κ2) is 8.02. The molecule has 122 valence electrons. The van der Waals surface area contributed by atoms with Gasteiger partial charge in [-0.05, 0) is 48.6 Å². The number of rotatable bonds is 6. The molecule has 23 heavy (non-hydrogen) atoms. The van der Waals surface area contributed by atoms with E-state index in [1.54, 1.807) is 12.1 Å². The molecule has 1 atom stereocenters. The topological polar surface area (TPSA) is 38.3 Å². The highest BCUT2D eigenvalue weighted by atomic mass is 35.5. The van der Waals surface area contributed by atoms with Crippen LogP contribution in [0.25, 0.3) is 0 Å². The number of hydrogen-bond donors (Lipinski definition) is 1. The van der Waals surface area contributed by atoms with Crippen LogP contribution in [0.1, 0.15) is 37.3 Å². The van der Waals surface area contributed by atoms with Gasteiger partial charge in [0, 0.05) is 10.7 Å². The smallest absolute Gasteiger partial charge is 0.262 e. The van der Waals surface area contributed by atoms with Gasteiger partial charge in [0.2, 0.25) is 0 Å². The standard InChI is InChI=1S/C19H22ClNO2/c1-4-13(2)16-7-5-6-8-18(16)23-12-19(22)21-17-11-15(20)10-9-14(17)3/h5-11,13H,4,12H2,1-3H3,(H,21,22). The molecule has 0 aliphatic heterocycles. The summed E-state index contributed by atoms with van der Waals surface area (Å²) in [5, 5.41) is 3.43. The number of para-hydroxylation sites is 1. The van der Waals surface area contributed by atoms with Crippen molar-refractivity contribution in [2.24, 2.45) is 0 Å². The van der Waals surface area contributed by atoms with Crippen molar-refractivity contribution in [1.29, 1.82) is 0 Å². The van der Waals surface area contributed by atoms with E-state index in [0.29, 0.717) is 16.6 Å². The van der Waals surface area contributed by atoms with E-state index >= 15 is 0 Å². The summed E-state index contributed by atoms with van der Waals surface area (Å²) < 4.78 is 5.72. The van der Waals surface area contributed by atoms with Gasteiger partial charge in [-0.25, -0.2) is 0 Å². The molecule has 0 radical (unpaired) electrons. The molecule has 4 heteroatoms. The van der Waals surface area contributed by atoms with Crippen molar-refractivity contribution in [1.82, 2.24) is 0 Å². The number of halogens is 1. The van der Waals surface area contributed by atoms with Crippen LogP contribution in [-0.4, -0.2) is 12.5 Å². The van der Waals surface area contributed by atoms with Crippen LogP contribution in [0.4, 0.5) is 5.69 Å². The molecule has 0 aliphatic carbocycles. The molecule has 0 saturated carbocycles. The van der Waals surface area contributed by atoms with Crippen LogP contribution in [0.3, 0.4) is 0 Å². The third-order valence-electron chi connectivity index (χ3n) is 3.89. The average molecular weight is 332 g/mol. The summed E-state index contributed by atoms with van der Waals surface area (Å²) in [6.45, 7) is 6.18. The van der Waals surface area contributed by atoms with Crippen molar-refractivity contribution in [3.8, 4) is 5.75 Å². The lowest BCUT2D eigenvalue weighted by molar-refractivity contribution is -0.118. The van der Waals surface area contributed by atoms with E-state index in [9.17, 15) is 4.79 Å². The first kappa shape index (κ1) is 17.4. The number of nitrogens with one attached hydrogen (secondary N) is 1. The first-order valence-electron chi connectivity index (χ1n) is 7.79. The van der Waals surface area contributed by atoms with Crippen LogP contribution in [0, 0.1) is 6.92 Å². The number of hydrogen-bond acceptors (Lipinski definition) is 2. The Kier molecular flexibility index (Phi) is 6.05. The van der Waals surface area contributed by atoms with Gasteiger partial charge in [0.15, 0.2) is 6.61 Å². The molecule has 2 aromatic carbocycles. The quantitative estimate of drug-likeness (QED) is 0.792. The summed E-state index contributed by atoms with van der Waals surface area (Å²) in [5.74, 6) is 0.957. The number of ether oxygens (including phenoxy) is 1. The zero-order chi connectivity index (χ0) is 16.8. The van der Waals surface area contributed by atoms with Gasteiger partial charge >= 0.3 is 0 Å². The Labute approximate surface area is 142 Å². The summed E-state index contributed by atoms with van der Waals surface area (Å²) >= 11 is 5.96. The van der Waals surface area contributed by atoms with Gasteiger partial charge in [0.1, 0.15) is 5.75 Å². The Hall–Kier alpha value is -2.00. The minimum absolute atomic E-state index is 0.0284. The monoisotopic (exact) mass is 331 g/mol. The Bertz CT molecular complexity index is 685. The number of benzene rings is 2. The third-order valence-corrected chi connectivity index (χ3v) is 4.13.